The van der Waals surface area contributed by atoms with Crippen LogP contribution in [0.25, 0.3) is 17.0 Å². The molecule has 0 fully saturated rings. The van der Waals surface area contributed by atoms with Crippen molar-refractivity contribution in [1.82, 2.24) is 4.57 Å². The lowest BCUT2D eigenvalue weighted by Crippen LogP contribution is -1.94. The zero-order valence-corrected chi connectivity index (χ0v) is 10.9. The molecule has 0 bridgehead atoms. The number of hydrogen-bond acceptors (Lipinski definition) is 1. The second kappa shape index (κ2) is 4.20. The van der Waals surface area contributed by atoms with Crippen molar-refractivity contribution < 1.29 is 4.79 Å². The number of carbonyl (C=O) groups is 1. The molecule has 3 aromatic rings. The van der Waals surface area contributed by atoms with Crippen molar-refractivity contribution in [2.24, 2.45) is 0 Å². The molecule has 0 saturated heterocycles. The number of ketones is 1. The van der Waals surface area contributed by atoms with Crippen LogP contribution in [0.5, 0.6) is 0 Å². The van der Waals surface area contributed by atoms with Gasteiger partial charge in [-0.2, -0.15) is 0 Å². The molecule has 0 radical (unpaired) electrons. The monoisotopic (exact) mass is 259 g/mol. The van der Waals surface area contributed by atoms with Crippen LogP contribution in [-0.4, -0.2) is 10.4 Å². The summed E-state index contributed by atoms with van der Waals surface area (Å²) < 4.78 is 2.10. The minimum absolute atomic E-state index is 0.144. The van der Waals surface area contributed by atoms with Gasteiger partial charge in [0.25, 0.3) is 0 Å². The molecule has 0 spiro atoms. The first-order valence-corrected chi connectivity index (χ1v) is 6.71. The summed E-state index contributed by atoms with van der Waals surface area (Å²) in [5.74, 6) is 0.144. The molecule has 1 aliphatic heterocycles. The first-order valence-electron chi connectivity index (χ1n) is 6.71. The first kappa shape index (κ1) is 11.2. The number of fused-ring (bicyclic) bond motifs is 3. The van der Waals surface area contributed by atoms with Crippen molar-refractivity contribution >= 4 is 22.8 Å². The molecule has 2 aromatic carbocycles. The molecule has 0 saturated carbocycles. The van der Waals surface area contributed by atoms with Gasteiger partial charge < -0.3 is 4.57 Å². The molecular formula is C18H13NO. The predicted octanol–water partition coefficient (Wildman–Crippen LogP) is 3.92. The van der Waals surface area contributed by atoms with E-state index in [9.17, 15) is 4.79 Å². The molecule has 4 rings (SSSR count). The lowest BCUT2D eigenvalue weighted by atomic mass is 10.1. The standard InChI is InChI=1S/C18H13NO/c20-18-15(10-13-6-2-1-3-7-13)12-19-16-9-5-4-8-14(16)11-17(18)19/h1-11H,12H2. The number of aromatic nitrogens is 1. The Bertz CT molecular complexity index is 840. The van der Waals surface area contributed by atoms with Crippen LogP contribution in [0.4, 0.5) is 0 Å². The molecular weight excluding hydrogens is 246 g/mol. The zero-order valence-electron chi connectivity index (χ0n) is 10.9. The Kier molecular flexibility index (Phi) is 2.36. The molecule has 0 aliphatic carbocycles. The van der Waals surface area contributed by atoms with Gasteiger partial charge in [0.2, 0.25) is 5.78 Å². The van der Waals surface area contributed by atoms with Crippen LogP contribution in [-0.2, 0) is 6.54 Å². The molecule has 2 nitrogen and oxygen atoms in total. The highest BCUT2D eigenvalue weighted by molar-refractivity contribution is 6.15. The fourth-order valence-corrected chi connectivity index (χ4v) is 2.84. The van der Waals surface area contributed by atoms with Gasteiger partial charge in [0.15, 0.2) is 0 Å². The molecule has 96 valence electrons. The molecule has 0 atom stereocenters. The van der Waals surface area contributed by atoms with E-state index in [1.807, 2.05) is 54.6 Å². The molecule has 1 aromatic heterocycles. The average molecular weight is 259 g/mol. The Morgan fingerprint density at radius 1 is 0.950 bits per heavy atom. The average Bonchev–Trinajstić information content (AvgIpc) is 2.99. The van der Waals surface area contributed by atoms with Crippen LogP contribution < -0.4 is 0 Å². The Morgan fingerprint density at radius 3 is 2.55 bits per heavy atom. The van der Waals surface area contributed by atoms with E-state index in [1.165, 1.54) is 0 Å². The van der Waals surface area contributed by atoms with Crippen LogP contribution in [0.15, 0.2) is 66.2 Å². The predicted molar refractivity (Wildman–Crippen MR) is 80.7 cm³/mol. The fraction of sp³-hybridized carbons (Fsp3) is 0.0556. The van der Waals surface area contributed by atoms with Crippen molar-refractivity contribution in [3.8, 4) is 0 Å². The van der Waals surface area contributed by atoms with E-state index < -0.39 is 0 Å². The molecule has 2 heteroatoms. The normalized spacial score (nSPS) is 16.0. The summed E-state index contributed by atoms with van der Waals surface area (Å²) in [6, 6.07) is 20.1. The van der Waals surface area contributed by atoms with Crippen molar-refractivity contribution in [2.75, 3.05) is 0 Å². The van der Waals surface area contributed by atoms with E-state index in [-0.39, 0.29) is 5.78 Å². The van der Waals surface area contributed by atoms with E-state index in [0.717, 1.165) is 27.7 Å². The van der Waals surface area contributed by atoms with Gasteiger partial charge in [-0.05, 0) is 23.8 Å². The quantitative estimate of drug-likeness (QED) is 0.607. The number of rotatable bonds is 1. The van der Waals surface area contributed by atoms with Crippen molar-refractivity contribution in [3.63, 3.8) is 0 Å². The second-order valence-electron chi connectivity index (χ2n) is 5.08. The molecule has 0 amide bonds. The van der Waals surface area contributed by atoms with E-state index in [4.69, 9.17) is 0 Å². The third-order valence-corrected chi connectivity index (χ3v) is 3.80. The Balaban J connectivity index is 1.81. The minimum Gasteiger partial charge on any atom is -0.333 e. The van der Waals surface area contributed by atoms with E-state index in [0.29, 0.717) is 6.54 Å². The number of hydrogen-bond donors (Lipinski definition) is 0. The Labute approximate surface area is 117 Å². The highest BCUT2D eigenvalue weighted by Crippen LogP contribution is 2.29. The maximum Gasteiger partial charge on any atom is 0.207 e. The number of Topliss-reactive ketones (excluding diaryl/α,β-unsaturated/α-hetero) is 1. The fourth-order valence-electron chi connectivity index (χ4n) is 2.84. The molecule has 0 N–H and O–H groups in total. The summed E-state index contributed by atoms with van der Waals surface area (Å²) in [7, 11) is 0. The SMILES string of the molecule is O=C1C(=Cc2ccccc2)Cn2c1cc1ccccc12. The van der Waals surface area contributed by atoms with E-state index >= 15 is 0 Å². The van der Waals surface area contributed by atoms with Gasteiger partial charge in [-0.1, -0.05) is 48.5 Å². The van der Waals surface area contributed by atoms with E-state index in [1.54, 1.807) is 0 Å². The molecule has 20 heavy (non-hydrogen) atoms. The lowest BCUT2D eigenvalue weighted by molar-refractivity contribution is 0.103. The topological polar surface area (TPSA) is 22.0 Å². The first-order chi connectivity index (χ1) is 9.83. The third kappa shape index (κ3) is 1.62. The number of allylic oxidation sites excluding steroid dienone is 1. The van der Waals surface area contributed by atoms with Gasteiger partial charge in [-0.25, -0.2) is 0 Å². The van der Waals surface area contributed by atoms with Gasteiger partial charge in [-0.3, -0.25) is 4.79 Å². The van der Waals surface area contributed by atoms with Crippen molar-refractivity contribution in [2.45, 2.75) is 6.54 Å². The molecule has 2 heterocycles. The van der Waals surface area contributed by atoms with Crippen molar-refractivity contribution in [1.29, 1.82) is 0 Å². The number of carbonyl (C=O) groups excluding carboxylic acids is 1. The van der Waals surface area contributed by atoms with Crippen LogP contribution in [0.2, 0.25) is 0 Å². The van der Waals surface area contributed by atoms with Crippen LogP contribution >= 0.6 is 0 Å². The number of benzene rings is 2. The van der Waals surface area contributed by atoms with Crippen LogP contribution in [0, 0.1) is 0 Å². The van der Waals surface area contributed by atoms with Gasteiger partial charge in [0.05, 0.1) is 12.2 Å². The van der Waals surface area contributed by atoms with Crippen LogP contribution in [0.1, 0.15) is 16.1 Å². The van der Waals surface area contributed by atoms with Gasteiger partial charge in [0.1, 0.15) is 0 Å². The van der Waals surface area contributed by atoms with Gasteiger partial charge in [-0.15, -0.1) is 0 Å². The van der Waals surface area contributed by atoms with Crippen molar-refractivity contribution in [3.05, 3.63) is 77.5 Å². The number of para-hydroxylation sites is 1. The van der Waals surface area contributed by atoms with E-state index in [2.05, 4.69) is 16.7 Å². The maximum absolute atomic E-state index is 12.5. The molecule has 0 unspecified atom stereocenters. The zero-order chi connectivity index (χ0) is 13.5. The third-order valence-electron chi connectivity index (χ3n) is 3.80. The van der Waals surface area contributed by atoms with Gasteiger partial charge >= 0.3 is 0 Å². The highest BCUT2D eigenvalue weighted by atomic mass is 16.1. The highest BCUT2D eigenvalue weighted by Gasteiger charge is 2.26. The Hall–Kier alpha value is -2.61. The molecule has 1 aliphatic rings. The summed E-state index contributed by atoms with van der Waals surface area (Å²) in [6.07, 6.45) is 1.99. The summed E-state index contributed by atoms with van der Waals surface area (Å²) >= 11 is 0. The summed E-state index contributed by atoms with van der Waals surface area (Å²) in [5.41, 5.74) is 3.86. The largest absolute Gasteiger partial charge is 0.333 e. The number of nitrogens with zero attached hydrogens (tertiary/aromatic N) is 1. The summed E-state index contributed by atoms with van der Waals surface area (Å²) in [4.78, 5) is 12.5. The summed E-state index contributed by atoms with van der Waals surface area (Å²) in [5, 5.41) is 1.13. The Morgan fingerprint density at radius 2 is 1.70 bits per heavy atom. The summed E-state index contributed by atoms with van der Waals surface area (Å²) in [6.45, 7) is 0.663. The smallest absolute Gasteiger partial charge is 0.207 e. The van der Waals surface area contributed by atoms with Gasteiger partial charge in [0, 0.05) is 16.5 Å². The second-order valence-corrected chi connectivity index (χ2v) is 5.08. The maximum atomic E-state index is 12.5. The minimum atomic E-state index is 0.144. The lowest BCUT2D eigenvalue weighted by Gasteiger charge is -2.00. The van der Waals surface area contributed by atoms with Crippen LogP contribution in [0.3, 0.4) is 0 Å².